The SMILES string of the molecule is CN1CCC(N(C)CCN(C)C(=O)OCCO)CC1. The zero-order valence-electron chi connectivity index (χ0n) is 12.3. The molecule has 0 atom stereocenters. The van der Waals surface area contributed by atoms with Crippen LogP contribution in [0.25, 0.3) is 0 Å². The van der Waals surface area contributed by atoms with E-state index in [-0.39, 0.29) is 19.3 Å². The summed E-state index contributed by atoms with van der Waals surface area (Å²) in [6, 6.07) is 0.609. The van der Waals surface area contributed by atoms with Crippen LogP contribution in [0.3, 0.4) is 0 Å². The number of likely N-dealkylation sites (N-methyl/N-ethyl adjacent to an activating group) is 2. The lowest BCUT2D eigenvalue weighted by molar-refractivity contribution is 0.0838. The van der Waals surface area contributed by atoms with Crippen LogP contribution in [-0.2, 0) is 4.74 Å². The Balaban J connectivity index is 2.21. The number of likely N-dealkylation sites (tertiary alicyclic amines) is 1. The molecule has 0 saturated carbocycles. The van der Waals surface area contributed by atoms with E-state index in [9.17, 15) is 4.79 Å². The first kappa shape index (κ1) is 16.2. The highest BCUT2D eigenvalue weighted by molar-refractivity contribution is 5.67. The third kappa shape index (κ3) is 5.76. The quantitative estimate of drug-likeness (QED) is 0.742. The molecule has 1 amide bonds. The van der Waals surface area contributed by atoms with Gasteiger partial charge in [-0.05, 0) is 40.0 Å². The molecule has 1 rings (SSSR count). The summed E-state index contributed by atoms with van der Waals surface area (Å²) in [6.07, 6.45) is 2.00. The van der Waals surface area contributed by atoms with E-state index in [1.165, 1.54) is 12.8 Å². The topological polar surface area (TPSA) is 56.2 Å². The summed E-state index contributed by atoms with van der Waals surface area (Å²) in [6.45, 7) is 3.71. The minimum absolute atomic E-state index is 0.0635. The van der Waals surface area contributed by atoms with Gasteiger partial charge < -0.3 is 24.5 Å². The van der Waals surface area contributed by atoms with E-state index < -0.39 is 0 Å². The second-order valence-electron chi connectivity index (χ2n) is 5.27. The predicted octanol–water partition coefficient (Wildman–Crippen LogP) is 0.0731. The Bertz CT molecular complexity index is 268. The van der Waals surface area contributed by atoms with Gasteiger partial charge in [-0.1, -0.05) is 0 Å². The standard InChI is InChI=1S/C13H27N3O3/c1-14-6-4-12(5-7-14)15(2)8-9-16(3)13(18)19-11-10-17/h12,17H,4-11H2,1-3H3. The molecule has 19 heavy (non-hydrogen) atoms. The molecule has 6 heteroatoms. The van der Waals surface area contributed by atoms with E-state index in [2.05, 4.69) is 23.9 Å². The molecule has 0 unspecified atom stereocenters. The maximum absolute atomic E-state index is 11.5. The summed E-state index contributed by atoms with van der Waals surface area (Å²) >= 11 is 0. The van der Waals surface area contributed by atoms with Gasteiger partial charge in [-0.25, -0.2) is 4.79 Å². The van der Waals surface area contributed by atoms with Gasteiger partial charge in [0, 0.05) is 26.2 Å². The van der Waals surface area contributed by atoms with E-state index in [0.717, 1.165) is 19.6 Å². The van der Waals surface area contributed by atoms with Crippen molar-refractivity contribution in [3.8, 4) is 0 Å². The van der Waals surface area contributed by atoms with E-state index >= 15 is 0 Å². The fraction of sp³-hybridized carbons (Fsp3) is 0.923. The number of amides is 1. The number of nitrogens with zero attached hydrogens (tertiary/aromatic N) is 3. The number of piperidine rings is 1. The summed E-state index contributed by atoms with van der Waals surface area (Å²) < 4.78 is 4.86. The van der Waals surface area contributed by atoms with Gasteiger partial charge in [-0.15, -0.1) is 0 Å². The number of aliphatic hydroxyl groups is 1. The molecule has 1 aliphatic rings. The van der Waals surface area contributed by atoms with E-state index in [1.54, 1.807) is 11.9 Å². The molecule has 1 saturated heterocycles. The molecule has 1 N–H and O–H groups in total. The lowest BCUT2D eigenvalue weighted by atomic mass is 10.0. The third-order valence-electron chi connectivity index (χ3n) is 3.73. The van der Waals surface area contributed by atoms with Crippen molar-refractivity contribution in [2.75, 3.05) is 60.5 Å². The maximum Gasteiger partial charge on any atom is 0.409 e. The molecular weight excluding hydrogens is 246 g/mol. The van der Waals surface area contributed by atoms with Crippen molar-refractivity contribution in [2.24, 2.45) is 0 Å². The molecule has 1 fully saturated rings. The normalized spacial score (nSPS) is 17.7. The largest absolute Gasteiger partial charge is 0.447 e. The lowest BCUT2D eigenvalue weighted by Gasteiger charge is -2.35. The second-order valence-corrected chi connectivity index (χ2v) is 5.27. The Kier molecular flexibility index (Phi) is 7.12. The minimum Gasteiger partial charge on any atom is -0.447 e. The number of carbonyl (C=O) groups is 1. The molecule has 0 aromatic carbocycles. The molecule has 112 valence electrons. The predicted molar refractivity (Wildman–Crippen MR) is 74.2 cm³/mol. The average Bonchev–Trinajstić information content (AvgIpc) is 2.42. The van der Waals surface area contributed by atoms with Crippen LogP contribution in [0.4, 0.5) is 4.79 Å². The average molecular weight is 273 g/mol. The number of hydrogen-bond acceptors (Lipinski definition) is 5. The zero-order chi connectivity index (χ0) is 14.3. The van der Waals surface area contributed by atoms with Gasteiger partial charge in [-0.2, -0.15) is 0 Å². The monoisotopic (exact) mass is 273 g/mol. The van der Waals surface area contributed by atoms with Crippen molar-refractivity contribution >= 4 is 6.09 Å². The highest BCUT2D eigenvalue weighted by atomic mass is 16.6. The van der Waals surface area contributed by atoms with Crippen LogP contribution in [0, 0.1) is 0 Å². The van der Waals surface area contributed by atoms with Gasteiger partial charge in [0.25, 0.3) is 0 Å². The Labute approximate surface area is 115 Å². The summed E-state index contributed by atoms with van der Waals surface area (Å²) in [5.41, 5.74) is 0. The number of rotatable bonds is 6. The highest BCUT2D eigenvalue weighted by Gasteiger charge is 2.21. The van der Waals surface area contributed by atoms with Gasteiger partial charge in [0.15, 0.2) is 0 Å². The molecule has 1 heterocycles. The van der Waals surface area contributed by atoms with Crippen LogP contribution >= 0.6 is 0 Å². The van der Waals surface area contributed by atoms with Gasteiger partial charge in [0.05, 0.1) is 6.61 Å². The van der Waals surface area contributed by atoms with Gasteiger partial charge in [0.1, 0.15) is 6.61 Å². The lowest BCUT2D eigenvalue weighted by Crippen LogP contribution is -2.44. The van der Waals surface area contributed by atoms with E-state index in [1.807, 2.05) is 0 Å². The van der Waals surface area contributed by atoms with Crippen molar-refractivity contribution in [3.63, 3.8) is 0 Å². The van der Waals surface area contributed by atoms with Crippen LogP contribution in [0.1, 0.15) is 12.8 Å². The van der Waals surface area contributed by atoms with Crippen molar-refractivity contribution in [3.05, 3.63) is 0 Å². The molecule has 6 nitrogen and oxygen atoms in total. The molecule has 0 spiro atoms. The van der Waals surface area contributed by atoms with Crippen LogP contribution in [0.15, 0.2) is 0 Å². The highest BCUT2D eigenvalue weighted by Crippen LogP contribution is 2.13. The smallest absolute Gasteiger partial charge is 0.409 e. The summed E-state index contributed by atoms with van der Waals surface area (Å²) in [5.74, 6) is 0. The fourth-order valence-corrected chi connectivity index (χ4v) is 2.26. The van der Waals surface area contributed by atoms with Crippen molar-refractivity contribution in [1.29, 1.82) is 0 Å². The van der Waals surface area contributed by atoms with Crippen LogP contribution in [-0.4, -0.2) is 92.5 Å². The number of hydrogen-bond donors (Lipinski definition) is 1. The Morgan fingerprint density at radius 1 is 1.32 bits per heavy atom. The van der Waals surface area contributed by atoms with Crippen molar-refractivity contribution < 1.29 is 14.6 Å². The molecule has 0 aromatic rings. The third-order valence-corrected chi connectivity index (χ3v) is 3.73. The van der Waals surface area contributed by atoms with Gasteiger partial charge >= 0.3 is 6.09 Å². The molecule has 1 aliphatic heterocycles. The maximum atomic E-state index is 11.5. The van der Waals surface area contributed by atoms with Crippen molar-refractivity contribution in [1.82, 2.24) is 14.7 Å². The summed E-state index contributed by atoms with van der Waals surface area (Å²) in [7, 11) is 5.99. The summed E-state index contributed by atoms with van der Waals surface area (Å²) in [5, 5.41) is 8.60. The van der Waals surface area contributed by atoms with Gasteiger partial charge in [-0.3, -0.25) is 0 Å². The number of ether oxygens (including phenoxy) is 1. The Morgan fingerprint density at radius 2 is 1.95 bits per heavy atom. The minimum atomic E-state index is -0.370. The second kappa shape index (κ2) is 8.35. The zero-order valence-corrected chi connectivity index (χ0v) is 12.3. The van der Waals surface area contributed by atoms with E-state index in [4.69, 9.17) is 9.84 Å². The van der Waals surface area contributed by atoms with E-state index in [0.29, 0.717) is 12.6 Å². The Hall–Kier alpha value is -0.850. The molecule has 0 aromatic heterocycles. The first-order chi connectivity index (χ1) is 9.04. The molecule has 0 bridgehead atoms. The Morgan fingerprint density at radius 3 is 2.53 bits per heavy atom. The number of aliphatic hydroxyl groups excluding tert-OH is 1. The molecular formula is C13H27N3O3. The molecule has 0 radical (unpaired) electrons. The molecule has 0 aliphatic carbocycles. The van der Waals surface area contributed by atoms with Crippen molar-refractivity contribution in [2.45, 2.75) is 18.9 Å². The van der Waals surface area contributed by atoms with Gasteiger partial charge in [0.2, 0.25) is 0 Å². The summed E-state index contributed by atoms with van der Waals surface area (Å²) in [4.78, 5) is 17.7. The van der Waals surface area contributed by atoms with Crippen LogP contribution in [0.5, 0.6) is 0 Å². The number of carbonyl (C=O) groups excluding carboxylic acids is 1. The first-order valence-corrected chi connectivity index (χ1v) is 6.92. The van der Waals surface area contributed by atoms with Crippen LogP contribution < -0.4 is 0 Å². The first-order valence-electron chi connectivity index (χ1n) is 6.92. The fourth-order valence-electron chi connectivity index (χ4n) is 2.26. The van der Waals surface area contributed by atoms with Crippen LogP contribution in [0.2, 0.25) is 0 Å².